The molecule has 0 spiro atoms. The Balaban J connectivity index is 2.85. The summed E-state index contributed by atoms with van der Waals surface area (Å²) < 4.78 is 18.4. The third-order valence-corrected chi connectivity index (χ3v) is 5.92. The number of ether oxygens (including phenoxy) is 3. The highest BCUT2D eigenvalue weighted by Gasteiger charge is 2.41. The summed E-state index contributed by atoms with van der Waals surface area (Å²) >= 11 is 6.20. The summed E-state index contributed by atoms with van der Waals surface area (Å²) in [6.45, 7) is 12.0. The van der Waals surface area contributed by atoms with Crippen LogP contribution in [0.1, 0.15) is 102 Å². The first-order valence-electron chi connectivity index (χ1n) is 12.2. The Morgan fingerprint density at radius 2 is 1.30 bits per heavy atom. The second-order valence-electron chi connectivity index (χ2n) is 8.05. The van der Waals surface area contributed by atoms with Crippen LogP contribution >= 0.6 is 11.6 Å². The van der Waals surface area contributed by atoms with Crippen LogP contribution in [0.25, 0.3) is 0 Å². The molecule has 174 valence electrons. The van der Waals surface area contributed by atoms with Crippen LogP contribution in [0.5, 0.6) is 0 Å². The number of alkyl halides is 1. The fraction of sp³-hybridized carbons (Fsp3) is 0.769. The number of benzene rings is 1. The molecule has 0 aromatic heterocycles. The first-order valence-corrected chi connectivity index (χ1v) is 12.6. The summed E-state index contributed by atoms with van der Waals surface area (Å²) in [7, 11) is 0. The zero-order valence-corrected chi connectivity index (χ0v) is 20.8. The van der Waals surface area contributed by atoms with Crippen molar-refractivity contribution in [3.05, 3.63) is 35.4 Å². The Labute approximate surface area is 190 Å². The van der Waals surface area contributed by atoms with E-state index in [1.807, 2.05) is 27.7 Å². The first-order chi connectivity index (χ1) is 14.5. The van der Waals surface area contributed by atoms with Gasteiger partial charge in [0.05, 0.1) is 5.38 Å². The standard InChI is InChI=1S/C26H45ClO3/c1-6-10-11-12-13-14-15-25(26(28-7-2,29-8-3)30-9-4)21-18-23-16-19-24(20-17-23)22(5)27/h16-17,19-20,22,25H,6-15,18,21H2,1-5H3. The van der Waals surface area contributed by atoms with Gasteiger partial charge in [-0.15, -0.1) is 11.6 Å². The van der Waals surface area contributed by atoms with E-state index in [9.17, 15) is 0 Å². The molecule has 1 rings (SSSR count). The lowest BCUT2D eigenvalue weighted by molar-refractivity contribution is -0.403. The third-order valence-electron chi connectivity index (χ3n) is 5.66. The Morgan fingerprint density at radius 1 is 0.767 bits per heavy atom. The maximum absolute atomic E-state index is 6.20. The SMILES string of the molecule is CCCCCCCCC(CCc1ccc(C(C)Cl)cc1)C(OCC)(OCC)OCC. The molecule has 0 saturated carbocycles. The largest absolute Gasteiger partial charge is 0.328 e. The molecule has 30 heavy (non-hydrogen) atoms. The molecule has 0 radical (unpaired) electrons. The number of halogens is 1. The summed E-state index contributed by atoms with van der Waals surface area (Å²) in [5, 5.41) is 0.0426. The van der Waals surface area contributed by atoms with Crippen molar-refractivity contribution in [3.8, 4) is 0 Å². The van der Waals surface area contributed by atoms with Gasteiger partial charge in [0.25, 0.3) is 5.97 Å². The van der Waals surface area contributed by atoms with Crippen molar-refractivity contribution >= 4 is 11.6 Å². The third kappa shape index (κ3) is 9.68. The predicted octanol–water partition coefficient (Wildman–Crippen LogP) is 8.05. The van der Waals surface area contributed by atoms with Gasteiger partial charge in [0, 0.05) is 25.7 Å². The van der Waals surface area contributed by atoms with Gasteiger partial charge in [-0.2, -0.15) is 0 Å². The summed E-state index contributed by atoms with van der Waals surface area (Å²) in [5.74, 6) is -0.734. The van der Waals surface area contributed by atoms with Crippen LogP contribution in [0.4, 0.5) is 0 Å². The van der Waals surface area contributed by atoms with Crippen molar-refractivity contribution in [1.82, 2.24) is 0 Å². The maximum atomic E-state index is 6.20. The van der Waals surface area contributed by atoms with Gasteiger partial charge in [-0.1, -0.05) is 69.7 Å². The molecule has 0 aliphatic heterocycles. The van der Waals surface area contributed by atoms with Crippen molar-refractivity contribution in [3.63, 3.8) is 0 Å². The number of hydrogen-bond donors (Lipinski definition) is 0. The quantitative estimate of drug-likeness (QED) is 0.131. The van der Waals surface area contributed by atoms with Gasteiger partial charge in [0.15, 0.2) is 0 Å². The summed E-state index contributed by atoms with van der Waals surface area (Å²) in [6, 6.07) is 8.66. The lowest BCUT2D eigenvalue weighted by Crippen LogP contribution is -2.47. The van der Waals surface area contributed by atoms with Crippen LogP contribution in [0, 0.1) is 5.92 Å². The van der Waals surface area contributed by atoms with Gasteiger partial charge >= 0.3 is 0 Å². The second-order valence-corrected chi connectivity index (χ2v) is 8.71. The van der Waals surface area contributed by atoms with Crippen LogP contribution in [0.15, 0.2) is 24.3 Å². The summed E-state index contributed by atoms with van der Waals surface area (Å²) in [4.78, 5) is 0. The molecule has 3 nitrogen and oxygen atoms in total. The number of unbranched alkanes of at least 4 members (excludes halogenated alkanes) is 5. The molecule has 1 aromatic rings. The number of aryl methyl sites for hydroxylation is 1. The molecule has 0 N–H and O–H groups in total. The highest BCUT2D eigenvalue weighted by atomic mass is 35.5. The Kier molecular flexibility index (Phi) is 14.7. The molecule has 2 atom stereocenters. The highest BCUT2D eigenvalue weighted by Crippen LogP contribution is 2.34. The molecule has 0 fully saturated rings. The van der Waals surface area contributed by atoms with E-state index in [0.717, 1.165) is 24.8 Å². The van der Waals surface area contributed by atoms with Crippen LogP contribution < -0.4 is 0 Å². The molecule has 4 heteroatoms. The lowest BCUT2D eigenvalue weighted by atomic mass is 9.91. The summed E-state index contributed by atoms with van der Waals surface area (Å²) in [6.07, 6.45) is 10.7. The van der Waals surface area contributed by atoms with Crippen LogP contribution in [0.3, 0.4) is 0 Å². The summed E-state index contributed by atoms with van der Waals surface area (Å²) in [5.41, 5.74) is 2.48. The molecular weight excluding hydrogens is 396 g/mol. The van der Waals surface area contributed by atoms with E-state index in [4.69, 9.17) is 25.8 Å². The molecule has 2 unspecified atom stereocenters. The van der Waals surface area contributed by atoms with Gasteiger partial charge < -0.3 is 14.2 Å². The first kappa shape index (κ1) is 27.4. The average molecular weight is 441 g/mol. The monoisotopic (exact) mass is 440 g/mol. The van der Waals surface area contributed by atoms with Crippen molar-refractivity contribution in [2.75, 3.05) is 19.8 Å². The normalized spacial score (nSPS) is 14.1. The van der Waals surface area contributed by atoms with Crippen molar-refractivity contribution in [2.45, 2.75) is 104 Å². The minimum atomic E-state index is -0.938. The maximum Gasteiger partial charge on any atom is 0.285 e. The van der Waals surface area contributed by atoms with Gasteiger partial charge in [0.2, 0.25) is 0 Å². The second kappa shape index (κ2) is 16.1. The molecule has 0 bridgehead atoms. The van der Waals surface area contributed by atoms with E-state index >= 15 is 0 Å². The van der Waals surface area contributed by atoms with Gasteiger partial charge in [-0.3, -0.25) is 0 Å². The Morgan fingerprint density at radius 3 is 1.80 bits per heavy atom. The Hall–Kier alpha value is -0.610. The molecule has 1 aromatic carbocycles. The van der Waals surface area contributed by atoms with E-state index in [1.165, 1.54) is 44.1 Å². The fourth-order valence-corrected chi connectivity index (χ4v) is 4.19. The molecule has 0 aliphatic rings. The molecule has 0 saturated heterocycles. The van der Waals surface area contributed by atoms with Gasteiger partial charge in [-0.05, 0) is 58.1 Å². The van der Waals surface area contributed by atoms with Crippen molar-refractivity contribution < 1.29 is 14.2 Å². The molecule has 0 heterocycles. The molecular formula is C26H45ClO3. The van der Waals surface area contributed by atoms with Crippen LogP contribution in [-0.4, -0.2) is 25.8 Å². The van der Waals surface area contributed by atoms with E-state index in [1.54, 1.807) is 0 Å². The number of rotatable bonds is 18. The zero-order valence-electron chi connectivity index (χ0n) is 20.1. The highest BCUT2D eigenvalue weighted by molar-refractivity contribution is 6.20. The van der Waals surface area contributed by atoms with E-state index in [0.29, 0.717) is 19.8 Å². The fourth-order valence-electron chi connectivity index (χ4n) is 4.04. The van der Waals surface area contributed by atoms with Crippen molar-refractivity contribution in [2.24, 2.45) is 5.92 Å². The van der Waals surface area contributed by atoms with Crippen LogP contribution in [0.2, 0.25) is 0 Å². The van der Waals surface area contributed by atoms with Crippen molar-refractivity contribution in [1.29, 1.82) is 0 Å². The van der Waals surface area contributed by atoms with Gasteiger partial charge in [-0.25, -0.2) is 0 Å². The van der Waals surface area contributed by atoms with Crippen LogP contribution in [-0.2, 0) is 20.6 Å². The van der Waals surface area contributed by atoms with E-state index in [-0.39, 0.29) is 11.3 Å². The smallest absolute Gasteiger partial charge is 0.285 e. The van der Waals surface area contributed by atoms with E-state index in [2.05, 4.69) is 31.2 Å². The Bertz CT molecular complexity index is 513. The zero-order chi connectivity index (χ0) is 22.2. The predicted molar refractivity (Wildman–Crippen MR) is 128 cm³/mol. The minimum Gasteiger partial charge on any atom is -0.328 e. The van der Waals surface area contributed by atoms with Gasteiger partial charge in [0.1, 0.15) is 0 Å². The molecule has 0 aliphatic carbocycles. The average Bonchev–Trinajstić information content (AvgIpc) is 2.73. The minimum absolute atomic E-state index is 0.0426. The topological polar surface area (TPSA) is 27.7 Å². The molecule has 0 amide bonds. The number of hydrogen-bond acceptors (Lipinski definition) is 3. The lowest BCUT2D eigenvalue weighted by Gasteiger charge is -2.39. The van der Waals surface area contributed by atoms with E-state index < -0.39 is 5.97 Å².